The molecule has 0 amide bonds. The van der Waals surface area contributed by atoms with Gasteiger partial charge in [0, 0.05) is 21.4 Å². The average molecular weight is 348 g/mol. The zero-order valence-corrected chi connectivity index (χ0v) is 13.9. The maximum atomic E-state index is 9.98. The molecule has 2 N–H and O–H groups in total. The van der Waals surface area contributed by atoms with Crippen LogP contribution in [0.5, 0.6) is 5.75 Å². The van der Waals surface area contributed by atoms with Crippen LogP contribution < -0.4 is 5.32 Å². The van der Waals surface area contributed by atoms with Crippen LogP contribution in [0.15, 0.2) is 72.8 Å². The van der Waals surface area contributed by atoms with Crippen molar-refractivity contribution in [2.45, 2.75) is 0 Å². The molecule has 25 heavy (non-hydrogen) atoms. The van der Waals surface area contributed by atoms with Gasteiger partial charge in [0.2, 0.25) is 0 Å². The molecule has 3 aromatic carbocycles. The third-order valence-electron chi connectivity index (χ3n) is 3.96. The van der Waals surface area contributed by atoms with Gasteiger partial charge in [-0.1, -0.05) is 60.1 Å². The van der Waals surface area contributed by atoms with Gasteiger partial charge in [-0.05, 0) is 24.3 Å². The summed E-state index contributed by atoms with van der Waals surface area (Å²) in [5.74, 6) is 0.755. The zero-order chi connectivity index (χ0) is 17.2. The minimum Gasteiger partial charge on any atom is -0.506 e. The Morgan fingerprint density at radius 2 is 1.44 bits per heavy atom. The minimum absolute atomic E-state index is 0.162. The normalized spacial score (nSPS) is 10.8. The fourth-order valence-electron chi connectivity index (χ4n) is 2.72. The van der Waals surface area contributed by atoms with E-state index >= 15 is 0 Å². The monoisotopic (exact) mass is 347 g/mol. The Hall–Kier alpha value is -3.11. The number of para-hydroxylation sites is 2. The molecule has 122 valence electrons. The Morgan fingerprint density at radius 3 is 2.20 bits per heavy atom. The number of rotatable bonds is 3. The number of nitrogens with zero attached hydrogens (tertiary/aromatic N) is 2. The third-order valence-corrected chi connectivity index (χ3v) is 4.21. The van der Waals surface area contributed by atoms with Crippen LogP contribution in [-0.4, -0.2) is 15.3 Å². The van der Waals surface area contributed by atoms with Crippen molar-refractivity contribution in [2.75, 3.05) is 5.32 Å². The molecule has 0 bridgehead atoms. The first-order chi connectivity index (χ1) is 12.2. The maximum Gasteiger partial charge on any atom is 0.161 e. The van der Waals surface area contributed by atoms with Crippen LogP contribution in [0.1, 0.15) is 0 Å². The molecule has 0 unspecified atom stereocenters. The number of benzene rings is 3. The summed E-state index contributed by atoms with van der Waals surface area (Å²) in [7, 11) is 0. The first-order valence-electron chi connectivity index (χ1n) is 7.79. The lowest BCUT2D eigenvalue weighted by molar-refractivity contribution is 0.477. The Morgan fingerprint density at radius 1 is 0.760 bits per heavy atom. The lowest BCUT2D eigenvalue weighted by Gasteiger charge is -2.12. The van der Waals surface area contributed by atoms with Crippen LogP contribution in [0.3, 0.4) is 0 Å². The van der Waals surface area contributed by atoms with Crippen molar-refractivity contribution in [3.8, 4) is 17.0 Å². The van der Waals surface area contributed by atoms with E-state index in [1.54, 1.807) is 18.2 Å². The van der Waals surface area contributed by atoms with Crippen molar-refractivity contribution < 1.29 is 5.11 Å². The van der Waals surface area contributed by atoms with Crippen LogP contribution in [0.4, 0.5) is 11.5 Å². The molecule has 1 aromatic heterocycles. The predicted octanol–water partition coefficient (Wildman–Crippen LogP) is 5.40. The summed E-state index contributed by atoms with van der Waals surface area (Å²) in [5, 5.41) is 24.4. The van der Waals surface area contributed by atoms with Crippen LogP contribution in [0, 0.1) is 0 Å². The molecular weight excluding hydrogens is 334 g/mol. The molecule has 0 spiro atoms. The standard InChI is InChI=1S/C20H14ClN3O/c21-14-11-9-13(10-12-14)19-15-5-1-2-6-16(15)20(24-23-19)22-17-7-3-4-8-18(17)25/h1-12,25H,(H,22,24). The van der Waals surface area contributed by atoms with Crippen molar-refractivity contribution >= 4 is 33.9 Å². The quantitative estimate of drug-likeness (QED) is 0.487. The van der Waals surface area contributed by atoms with E-state index < -0.39 is 0 Å². The summed E-state index contributed by atoms with van der Waals surface area (Å²) in [6.45, 7) is 0. The largest absolute Gasteiger partial charge is 0.506 e. The number of phenolic OH excluding ortho intramolecular Hbond substituents is 1. The maximum absolute atomic E-state index is 9.98. The van der Waals surface area contributed by atoms with Gasteiger partial charge in [0.1, 0.15) is 11.4 Å². The molecule has 0 saturated carbocycles. The van der Waals surface area contributed by atoms with Crippen LogP contribution in [0.2, 0.25) is 5.02 Å². The summed E-state index contributed by atoms with van der Waals surface area (Å²) in [6, 6.07) is 22.5. The number of hydrogen-bond donors (Lipinski definition) is 2. The summed E-state index contributed by atoms with van der Waals surface area (Å²) in [4.78, 5) is 0. The predicted molar refractivity (Wildman–Crippen MR) is 101 cm³/mol. The molecule has 0 fully saturated rings. The number of aromatic hydroxyl groups is 1. The molecule has 1 heterocycles. The molecule has 0 saturated heterocycles. The van der Waals surface area contributed by atoms with Crippen LogP contribution >= 0.6 is 11.6 Å². The van der Waals surface area contributed by atoms with Gasteiger partial charge in [0.05, 0.1) is 5.69 Å². The van der Waals surface area contributed by atoms with Gasteiger partial charge in [0.15, 0.2) is 5.82 Å². The fraction of sp³-hybridized carbons (Fsp3) is 0. The second-order valence-corrected chi connectivity index (χ2v) is 6.03. The second kappa shape index (κ2) is 6.42. The fourth-order valence-corrected chi connectivity index (χ4v) is 2.85. The highest BCUT2D eigenvalue weighted by Crippen LogP contribution is 2.33. The smallest absolute Gasteiger partial charge is 0.161 e. The number of halogens is 1. The van der Waals surface area contributed by atoms with E-state index in [9.17, 15) is 5.11 Å². The minimum atomic E-state index is 0.162. The molecule has 0 aliphatic rings. The van der Waals surface area contributed by atoms with E-state index in [2.05, 4.69) is 15.5 Å². The summed E-state index contributed by atoms with van der Waals surface area (Å²) in [5.41, 5.74) is 2.32. The van der Waals surface area contributed by atoms with E-state index in [0.717, 1.165) is 22.0 Å². The van der Waals surface area contributed by atoms with Gasteiger partial charge in [0.25, 0.3) is 0 Å². The second-order valence-electron chi connectivity index (χ2n) is 5.59. The number of anilines is 2. The van der Waals surface area contributed by atoms with Gasteiger partial charge < -0.3 is 10.4 Å². The molecule has 4 rings (SSSR count). The summed E-state index contributed by atoms with van der Waals surface area (Å²) >= 11 is 5.98. The van der Waals surface area contributed by atoms with Crippen molar-refractivity contribution in [2.24, 2.45) is 0 Å². The Balaban J connectivity index is 1.85. The molecule has 5 heteroatoms. The highest BCUT2D eigenvalue weighted by Gasteiger charge is 2.12. The number of phenols is 1. The van der Waals surface area contributed by atoms with Crippen LogP contribution in [-0.2, 0) is 0 Å². The molecular formula is C20H14ClN3O. The van der Waals surface area contributed by atoms with Crippen molar-refractivity contribution in [1.82, 2.24) is 10.2 Å². The average Bonchev–Trinajstić information content (AvgIpc) is 2.65. The van der Waals surface area contributed by atoms with Gasteiger partial charge in [-0.2, -0.15) is 0 Å². The Labute approximate surface area is 149 Å². The molecule has 4 nitrogen and oxygen atoms in total. The molecule has 0 radical (unpaired) electrons. The highest BCUT2D eigenvalue weighted by atomic mass is 35.5. The SMILES string of the molecule is Oc1ccccc1Nc1nnc(-c2ccc(Cl)cc2)c2ccccc12. The van der Waals surface area contributed by atoms with E-state index in [-0.39, 0.29) is 5.75 Å². The number of nitrogens with one attached hydrogen (secondary N) is 1. The molecule has 0 aliphatic carbocycles. The number of fused-ring (bicyclic) bond motifs is 1. The number of hydrogen-bond acceptors (Lipinski definition) is 4. The number of aromatic nitrogens is 2. The van der Waals surface area contributed by atoms with Crippen molar-refractivity contribution in [3.05, 3.63) is 77.8 Å². The lowest BCUT2D eigenvalue weighted by atomic mass is 10.0. The zero-order valence-electron chi connectivity index (χ0n) is 13.1. The van der Waals surface area contributed by atoms with Crippen LogP contribution in [0.25, 0.3) is 22.0 Å². The lowest BCUT2D eigenvalue weighted by Crippen LogP contribution is -1.99. The molecule has 0 aliphatic heterocycles. The first kappa shape index (κ1) is 15.4. The topological polar surface area (TPSA) is 58.0 Å². The Kier molecular flexibility index (Phi) is 3.96. The first-order valence-corrected chi connectivity index (χ1v) is 8.16. The van der Waals surface area contributed by atoms with Crippen molar-refractivity contribution in [3.63, 3.8) is 0 Å². The van der Waals surface area contributed by atoms with Crippen molar-refractivity contribution in [1.29, 1.82) is 0 Å². The van der Waals surface area contributed by atoms with E-state index in [4.69, 9.17) is 11.6 Å². The van der Waals surface area contributed by atoms with E-state index in [1.165, 1.54) is 0 Å². The van der Waals surface area contributed by atoms with Gasteiger partial charge >= 0.3 is 0 Å². The molecule has 0 atom stereocenters. The Bertz CT molecular complexity index is 1050. The third kappa shape index (κ3) is 2.99. The highest BCUT2D eigenvalue weighted by molar-refractivity contribution is 6.30. The summed E-state index contributed by atoms with van der Waals surface area (Å²) in [6.07, 6.45) is 0. The van der Waals surface area contributed by atoms with Gasteiger partial charge in [-0.25, -0.2) is 0 Å². The van der Waals surface area contributed by atoms with Gasteiger partial charge in [-0.3, -0.25) is 0 Å². The van der Waals surface area contributed by atoms with E-state index in [1.807, 2.05) is 54.6 Å². The molecule has 4 aromatic rings. The van der Waals surface area contributed by atoms with E-state index in [0.29, 0.717) is 16.5 Å². The summed E-state index contributed by atoms with van der Waals surface area (Å²) < 4.78 is 0. The van der Waals surface area contributed by atoms with Gasteiger partial charge in [-0.15, -0.1) is 10.2 Å².